The van der Waals surface area contributed by atoms with Gasteiger partial charge in [-0.05, 0) is 6.07 Å². The van der Waals surface area contributed by atoms with Crippen LogP contribution in [0.4, 0.5) is 11.6 Å². The number of fused-ring (bicyclic) bond motifs is 1. The van der Waals surface area contributed by atoms with Crippen molar-refractivity contribution >= 4 is 22.8 Å². The largest absolute Gasteiger partial charge is 0.353 e. The van der Waals surface area contributed by atoms with Gasteiger partial charge in [-0.1, -0.05) is 0 Å². The fraction of sp³-hybridized carbons (Fsp3) is 0.250. The van der Waals surface area contributed by atoms with Crippen molar-refractivity contribution in [2.24, 2.45) is 0 Å². The van der Waals surface area contributed by atoms with Crippen LogP contribution in [-0.2, 0) is 0 Å². The zero-order valence-electron chi connectivity index (χ0n) is 13.9. The molecule has 5 rings (SSSR count). The Morgan fingerprint density at radius 2 is 1.65 bits per heavy atom. The summed E-state index contributed by atoms with van der Waals surface area (Å²) in [4.78, 5) is 29.2. The van der Waals surface area contributed by atoms with Gasteiger partial charge in [0, 0.05) is 44.6 Å². The number of aromatic amines is 1. The van der Waals surface area contributed by atoms with E-state index in [0.717, 1.165) is 49.1 Å². The highest BCUT2D eigenvalue weighted by Gasteiger charge is 2.22. The number of piperazine rings is 1. The molecule has 0 radical (unpaired) electrons. The Balaban J connectivity index is 1.35. The van der Waals surface area contributed by atoms with E-state index in [4.69, 9.17) is 0 Å². The molecule has 130 valence electrons. The molecule has 0 atom stereocenters. The molecule has 0 unspecified atom stereocenters. The molecule has 10 heteroatoms. The van der Waals surface area contributed by atoms with Crippen molar-refractivity contribution in [3.63, 3.8) is 0 Å². The molecule has 10 nitrogen and oxygen atoms in total. The third kappa shape index (κ3) is 2.51. The number of H-pyrrole nitrogens is 1. The summed E-state index contributed by atoms with van der Waals surface area (Å²) in [6.07, 6.45) is 8.40. The highest BCUT2D eigenvalue weighted by Crippen LogP contribution is 2.22. The van der Waals surface area contributed by atoms with Gasteiger partial charge in [0.15, 0.2) is 17.3 Å². The van der Waals surface area contributed by atoms with Crippen molar-refractivity contribution in [2.75, 3.05) is 36.0 Å². The summed E-state index contributed by atoms with van der Waals surface area (Å²) in [5, 5.41) is 4.22. The molecule has 0 bridgehead atoms. The Bertz CT molecular complexity index is 1020. The van der Waals surface area contributed by atoms with Crippen LogP contribution in [-0.4, -0.2) is 65.9 Å². The molecule has 1 saturated heterocycles. The van der Waals surface area contributed by atoms with Crippen LogP contribution in [0, 0.1) is 0 Å². The van der Waals surface area contributed by atoms with Gasteiger partial charge in [-0.3, -0.25) is 0 Å². The Kier molecular flexibility index (Phi) is 3.44. The van der Waals surface area contributed by atoms with Crippen LogP contribution in [0.15, 0.2) is 43.5 Å². The standard InChI is InChI=1S/C16H16N10/c1-2-23-26(3-1)13-8-12(17-9-18-13)24-4-6-25(7-5-24)16-14-15(20-10-19-14)21-11-22-16/h1-3,8-11H,4-7H2,(H,19,20,21,22). The van der Waals surface area contributed by atoms with Gasteiger partial charge in [-0.2, -0.15) is 5.10 Å². The molecule has 1 aliphatic heterocycles. The van der Waals surface area contributed by atoms with Crippen LogP contribution >= 0.6 is 0 Å². The van der Waals surface area contributed by atoms with E-state index in [1.54, 1.807) is 29.9 Å². The molecule has 0 amide bonds. The van der Waals surface area contributed by atoms with E-state index in [1.807, 2.05) is 18.3 Å². The predicted molar refractivity (Wildman–Crippen MR) is 95.3 cm³/mol. The second-order valence-corrected chi connectivity index (χ2v) is 5.96. The molecule has 0 spiro atoms. The van der Waals surface area contributed by atoms with Gasteiger partial charge in [-0.25, -0.2) is 29.6 Å². The molecule has 26 heavy (non-hydrogen) atoms. The lowest BCUT2D eigenvalue weighted by atomic mass is 10.3. The Morgan fingerprint density at radius 3 is 2.50 bits per heavy atom. The van der Waals surface area contributed by atoms with Crippen molar-refractivity contribution in [2.45, 2.75) is 0 Å². The van der Waals surface area contributed by atoms with Crippen LogP contribution in [0.3, 0.4) is 0 Å². The maximum Gasteiger partial charge on any atom is 0.182 e. The van der Waals surface area contributed by atoms with E-state index < -0.39 is 0 Å². The number of imidazole rings is 1. The summed E-state index contributed by atoms with van der Waals surface area (Å²) < 4.78 is 1.73. The van der Waals surface area contributed by atoms with Gasteiger partial charge in [0.25, 0.3) is 0 Å². The molecule has 4 aromatic rings. The number of aromatic nitrogens is 8. The minimum Gasteiger partial charge on any atom is -0.353 e. The van der Waals surface area contributed by atoms with E-state index >= 15 is 0 Å². The first-order valence-electron chi connectivity index (χ1n) is 8.34. The number of hydrogen-bond acceptors (Lipinski definition) is 8. The van der Waals surface area contributed by atoms with Gasteiger partial charge in [0.2, 0.25) is 0 Å². The van der Waals surface area contributed by atoms with Gasteiger partial charge in [0.1, 0.15) is 24.0 Å². The molecule has 0 aromatic carbocycles. The third-order valence-corrected chi connectivity index (χ3v) is 4.48. The second kappa shape index (κ2) is 6.06. The van der Waals surface area contributed by atoms with E-state index in [2.05, 4.69) is 44.8 Å². The highest BCUT2D eigenvalue weighted by atomic mass is 15.3. The van der Waals surface area contributed by atoms with Crippen LogP contribution in [0.5, 0.6) is 0 Å². The predicted octanol–water partition coefficient (Wildman–Crippen LogP) is 0.655. The molecule has 4 aromatic heterocycles. The van der Waals surface area contributed by atoms with Crippen molar-refractivity contribution in [3.05, 3.63) is 43.5 Å². The van der Waals surface area contributed by atoms with Crippen LogP contribution in [0.1, 0.15) is 0 Å². The summed E-state index contributed by atoms with van der Waals surface area (Å²) in [5.41, 5.74) is 1.57. The van der Waals surface area contributed by atoms with Crippen molar-refractivity contribution in [1.82, 2.24) is 39.7 Å². The highest BCUT2D eigenvalue weighted by molar-refractivity contribution is 5.82. The number of hydrogen-bond donors (Lipinski definition) is 1. The molecule has 0 aliphatic carbocycles. The fourth-order valence-electron chi connectivity index (χ4n) is 3.18. The van der Waals surface area contributed by atoms with Crippen molar-refractivity contribution in [3.8, 4) is 5.82 Å². The minimum atomic E-state index is 0.692. The average Bonchev–Trinajstić information content (AvgIpc) is 3.40. The second-order valence-electron chi connectivity index (χ2n) is 5.96. The smallest absolute Gasteiger partial charge is 0.182 e. The van der Waals surface area contributed by atoms with E-state index in [-0.39, 0.29) is 0 Å². The molecular formula is C16H16N10. The molecule has 1 fully saturated rings. The van der Waals surface area contributed by atoms with Crippen LogP contribution < -0.4 is 9.80 Å². The lowest BCUT2D eigenvalue weighted by Gasteiger charge is -2.36. The lowest BCUT2D eigenvalue weighted by Crippen LogP contribution is -2.47. The first kappa shape index (κ1) is 14.8. The van der Waals surface area contributed by atoms with E-state index in [1.165, 1.54) is 0 Å². The number of anilines is 2. The summed E-state index contributed by atoms with van der Waals surface area (Å²) >= 11 is 0. The first-order chi connectivity index (χ1) is 12.9. The molecule has 5 heterocycles. The first-order valence-corrected chi connectivity index (χ1v) is 8.34. The molecule has 1 aliphatic rings. The monoisotopic (exact) mass is 348 g/mol. The molecular weight excluding hydrogens is 332 g/mol. The Labute approximate surface area is 148 Å². The number of nitrogens with one attached hydrogen (secondary N) is 1. The zero-order chi connectivity index (χ0) is 17.3. The lowest BCUT2D eigenvalue weighted by molar-refractivity contribution is 0.641. The van der Waals surface area contributed by atoms with Gasteiger partial charge < -0.3 is 14.8 Å². The average molecular weight is 348 g/mol. The van der Waals surface area contributed by atoms with Gasteiger partial charge in [0.05, 0.1) is 6.33 Å². The SMILES string of the molecule is c1cnn(-c2cc(N3CCN(c4ncnc5nc[nH]c45)CC3)ncn2)c1. The number of nitrogens with zero attached hydrogens (tertiary/aromatic N) is 9. The molecule has 1 N–H and O–H groups in total. The fourth-order valence-corrected chi connectivity index (χ4v) is 3.18. The summed E-state index contributed by atoms with van der Waals surface area (Å²) in [7, 11) is 0. The maximum absolute atomic E-state index is 4.44. The molecule has 0 saturated carbocycles. The third-order valence-electron chi connectivity index (χ3n) is 4.48. The van der Waals surface area contributed by atoms with Gasteiger partial charge >= 0.3 is 0 Å². The van der Waals surface area contributed by atoms with E-state index in [9.17, 15) is 0 Å². The Morgan fingerprint density at radius 1 is 0.846 bits per heavy atom. The van der Waals surface area contributed by atoms with Crippen molar-refractivity contribution < 1.29 is 0 Å². The zero-order valence-corrected chi connectivity index (χ0v) is 13.9. The summed E-state index contributed by atoms with van der Waals surface area (Å²) in [6, 6.07) is 3.83. The van der Waals surface area contributed by atoms with Crippen LogP contribution in [0.2, 0.25) is 0 Å². The van der Waals surface area contributed by atoms with Crippen molar-refractivity contribution in [1.29, 1.82) is 0 Å². The van der Waals surface area contributed by atoms with Gasteiger partial charge in [-0.15, -0.1) is 0 Å². The topological polar surface area (TPSA) is 105 Å². The summed E-state index contributed by atoms with van der Waals surface area (Å²) in [5.74, 6) is 2.56. The van der Waals surface area contributed by atoms with E-state index in [0.29, 0.717) is 5.65 Å². The summed E-state index contributed by atoms with van der Waals surface area (Å²) in [6.45, 7) is 3.36. The maximum atomic E-state index is 4.44. The Hall–Kier alpha value is -3.56. The van der Waals surface area contributed by atoms with Crippen LogP contribution in [0.25, 0.3) is 17.0 Å². The quantitative estimate of drug-likeness (QED) is 0.576. The number of rotatable bonds is 3. The minimum absolute atomic E-state index is 0.692. The normalized spacial score (nSPS) is 14.9.